The van der Waals surface area contributed by atoms with E-state index in [0.29, 0.717) is 5.75 Å². The summed E-state index contributed by atoms with van der Waals surface area (Å²) in [5.74, 6) is 0.379. The van der Waals surface area contributed by atoms with Crippen LogP contribution < -0.4 is 10.5 Å². The number of hydrogen-bond acceptors (Lipinski definition) is 3. The van der Waals surface area contributed by atoms with Crippen molar-refractivity contribution in [1.82, 2.24) is 4.98 Å². The Kier molecular flexibility index (Phi) is 4.13. The largest absolute Gasteiger partial charge is 0.456 e. The molecule has 0 bridgehead atoms. The summed E-state index contributed by atoms with van der Waals surface area (Å²) in [5, 5.41) is 0. The number of ether oxygens (including phenoxy) is 1. The number of rotatable bonds is 3. The molecular weight excluding hydrogens is 301 g/mol. The minimum absolute atomic E-state index is 0.0352. The van der Waals surface area contributed by atoms with E-state index >= 15 is 0 Å². The zero-order valence-electron chi connectivity index (χ0n) is 10.9. The Labute approximate surface area is 124 Å². The second-order valence-electron chi connectivity index (χ2n) is 4.31. The molecule has 0 unspecified atom stereocenters. The zero-order valence-corrected chi connectivity index (χ0v) is 11.8. The van der Waals surface area contributed by atoms with Crippen molar-refractivity contribution >= 4 is 17.2 Å². The maximum Gasteiger partial charge on any atom is 0.417 e. The first-order valence-electron chi connectivity index (χ1n) is 5.89. The maximum atomic E-state index is 13.0. The van der Waals surface area contributed by atoms with Crippen LogP contribution in [-0.2, 0) is 6.18 Å². The quantitative estimate of drug-likeness (QED) is 0.875. The molecule has 1 aromatic carbocycles. The molecule has 0 aliphatic carbocycles. The number of aromatic nitrogens is 1. The molecule has 110 valence electrons. The molecule has 0 atom stereocenters. The van der Waals surface area contributed by atoms with E-state index in [2.05, 4.69) is 17.2 Å². The first-order chi connectivity index (χ1) is 9.77. The fourth-order valence-corrected chi connectivity index (χ4v) is 1.86. The van der Waals surface area contributed by atoms with Crippen molar-refractivity contribution in [2.24, 2.45) is 5.73 Å². The van der Waals surface area contributed by atoms with Gasteiger partial charge in [0.15, 0.2) is 0 Å². The van der Waals surface area contributed by atoms with E-state index in [4.69, 9.17) is 10.5 Å². The van der Waals surface area contributed by atoms with E-state index in [1.165, 1.54) is 18.3 Å². The van der Waals surface area contributed by atoms with Gasteiger partial charge in [0.1, 0.15) is 16.5 Å². The molecule has 0 spiro atoms. The Balaban J connectivity index is 2.38. The van der Waals surface area contributed by atoms with Crippen LogP contribution in [0.15, 0.2) is 36.5 Å². The Morgan fingerprint density at radius 2 is 1.86 bits per heavy atom. The predicted molar refractivity (Wildman–Crippen MR) is 76.4 cm³/mol. The summed E-state index contributed by atoms with van der Waals surface area (Å²) < 4.78 is 44.3. The lowest BCUT2D eigenvalue weighted by Gasteiger charge is -2.14. The summed E-state index contributed by atoms with van der Waals surface area (Å²) in [6.07, 6.45) is -3.13. The Bertz CT molecular complexity index is 669. The van der Waals surface area contributed by atoms with Crippen LogP contribution in [0.3, 0.4) is 0 Å². The van der Waals surface area contributed by atoms with Gasteiger partial charge >= 0.3 is 6.18 Å². The third-order valence-corrected chi connectivity index (χ3v) is 2.90. The highest BCUT2D eigenvalue weighted by Crippen LogP contribution is 2.35. The van der Waals surface area contributed by atoms with E-state index in [1.54, 1.807) is 19.1 Å². The highest BCUT2D eigenvalue weighted by atomic mass is 32.1. The van der Waals surface area contributed by atoms with Gasteiger partial charge < -0.3 is 10.5 Å². The molecular formula is C14H11F3N2OS. The normalized spacial score (nSPS) is 11.2. The van der Waals surface area contributed by atoms with Gasteiger partial charge in [0.25, 0.3) is 0 Å². The van der Waals surface area contributed by atoms with Crippen molar-refractivity contribution in [2.75, 3.05) is 0 Å². The molecule has 2 N–H and O–H groups in total. The number of thiocarbonyl (C=S) groups is 1. The van der Waals surface area contributed by atoms with Crippen LogP contribution in [0.5, 0.6) is 11.5 Å². The van der Waals surface area contributed by atoms with Crippen LogP contribution in [-0.4, -0.2) is 9.97 Å². The SMILES string of the molecule is Cc1ccc(Oc2ccc(C(N)=S)c(C(F)(F)F)c2)cn1. The molecule has 0 radical (unpaired) electrons. The van der Waals surface area contributed by atoms with Crippen molar-refractivity contribution in [3.63, 3.8) is 0 Å². The number of hydrogen-bond donors (Lipinski definition) is 1. The molecule has 3 nitrogen and oxygen atoms in total. The standard InChI is InChI=1S/C14H11F3N2OS/c1-8-2-3-10(7-19-8)20-9-4-5-11(13(18)21)12(6-9)14(15,16)17/h2-7H,1H3,(H2,18,21). The van der Waals surface area contributed by atoms with Crippen LogP contribution in [0, 0.1) is 6.92 Å². The van der Waals surface area contributed by atoms with E-state index in [9.17, 15) is 13.2 Å². The zero-order chi connectivity index (χ0) is 15.6. The summed E-state index contributed by atoms with van der Waals surface area (Å²) in [4.78, 5) is 3.69. The van der Waals surface area contributed by atoms with Gasteiger partial charge in [-0.05, 0) is 37.3 Å². The molecule has 1 heterocycles. The van der Waals surface area contributed by atoms with E-state index < -0.39 is 11.7 Å². The van der Waals surface area contributed by atoms with Gasteiger partial charge in [0.2, 0.25) is 0 Å². The van der Waals surface area contributed by atoms with E-state index in [-0.39, 0.29) is 16.3 Å². The van der Waals surface area contributed by atoms with Gasteiger partial charge in [-0.25, -0.2) is 0 Å². The highest BCUT2D eigenvalue weighted by Gasteiger charge is 2.34. The monoisotopic (exact) mass is 312 g/mol. The van der Waals surface area contributed by atoms with Crippen molar-refractivity contribution in [3.05, 3.63) is 53.3 Å². The third kappa shape index (κ3) is 3.69. The number of benzene rings is 1. The van der Waals surface area contributed by atoms with Crippen LogP contribution in [0.2, 0.25) is 0 Å². The van der Waals surface area contributed by atoms with Gasteiger partial charge in [0.05, 0.1) is 11.8 Å². The molecule has 0 saturated carbocycles. The van der Waals surface area contributed by atoms with Crippen molar-refractivity contribution < 1.29 is 17.9 Å². The van der Waals surface area contributed by atoms with Crippen LogP contribution in [0.4, 0.5) is 13.2 Å². The average molecular weight is 312 g/mol. The molecule has 2 aromatic rings. The smallest absolute Gasteiger partial charge is 0.417 e. The summed E-state index contributed by atoms with van der Waals surface area (Å²) >= 11 is 4.63. The molecule has 21 heavy (non-hydrogen) atoms. The number of halogens is 3. The summed E-state index contributed by atoms with van der Waals surface area (Å²) in [7, 11) is 0. The Morgan fingerprint density at radius 3 is 2.38 bits per heavy atom. The molecule has 0 aliphatic heterocycles. The van der Waals surface area contributed by atoms with Crippen LogP contribution in [0.1, 0.15) is 16.8 Å². The van der Waals surface area contributed by atoms with Gasteiger partial charge in [-0.1, -0.05) is 12.2 Å². The number of alkyl halides is 3. The molecule has 7 heteroatoms. The summed E-state index contributed by atoms with van der Waals surface area (Å²) in [6.45, 7) is 1.79. The van der Waals surface area contributed by atoms with Crippen molar-refractivity contribution in [2.45, 2.75) is 13.1 Å². The summed E-state index contributed by atoms with van der Waals surface area (Å²) in [6, 6.07) is 6.76. The number of nitrogens with two attached hydrogens (primary N) is 1. The molecule has 0 saturated heterocycles. The molecule has 2 rings (SSSR count). The number of pyridine rings is 1. The fourth-order valence-electron chi connectivity index (χ4n) is 1.69. The number of nitrogens with zero attached hydrogens (tertiary/aromatic N) is 1. The molecule has 1 aromatic heterocycles. The van der Waals surface area contributed by atoms with Gasteiger partial charge in [0, 0.05) is 11.3 Å². The third-order valence-electron chi connectivity index (χ3n) is 2.68. The first kappa shape index (κ1) is 15.2. The highest BCUT2D eigenvalue weighted by molar-refractivity contribution is 7.80. The molecule has 0 fully saturated rings. The lowest BCUT2D eigenvalue weighted by molar-refractivity contribution is -0.137. The minimum atomic E-state index is -4.57. The summed E-state index contributed by atoms with van der Waals surface area (Å²) in [5.41, 5.74) is 4.94. The van der Waals surface area contributed by atoms with Gasteiger partial charge in [-0.2, -0.15) is 13.2 Å². The van der Waals surface area contributed by atoms with Crippen LogP contribution >= 0.6 is 12.2 Å². The topological polar surface area (TPSA) is 48.1 Å². The van der Waals surface area contributed by atoms with Crippen molar-refractivity contribution in [3.8, 4) is 11.5 Å². The minimum Gasteiger partial charge on any atom is -0.456 e. The lowest BCUT2D eigenvalue weighted by atomic mass is 10.1. The molecule has 0 aliphatic rings. The average Bonchev–Trinajstić information content (AvgIpc) is 2.40. The van der Waals surface area contributed by atoms with E-state index in [1.807, 2.05) is 0 Å². The fraction of sp³-hybridized carbons (Fsp3) is 0.143. The van der Waals surface area contributed by atoms with Gasteiger partial charge in [-0.3, -0.25) is 4.98 Å². The first-order valence-corrected chi connectivity index (χ1v) is 6.30. The molecule has 0 amide bonds. The second kappa shape index (κ2) is 5.69. The van der Waals surface area contributed by atoms with E-state index in [0.717, 1.165) is 11.8 Å². The van der Waals surface area contributed by atoms with Gasteiger partial charge in [-0.15, -0.1) is 0 Å². The number of aryl methyl sites for hydroxylation is 1. The Hall–Kier alpha value is -2.15. The lowest BCUT2D eigenvalue weighted by Crippen LogP contribution is -2.17. The van der Waals surface area contributed by atoms with Crippen molar-refractivity contribution in [1.29, 1.82) is 0 Å². The maximum absolute atomic E-state index is 13.0. The Morgan fingerprint density at radius 1 is 1.19 bits per heavy atom. The second-order valence-corrected chi connectivity index (χ2v) is 4.75. The predicted octanol–water partition coefficient (Wildman–Crippen LogP) is 3.84. The van der Waals surface area contributed by atoms with Crippen LogP contribution in [0.25, 0.3) is 0 Å².